The molecule has 25 heavy (non-hydrogen) atoms. The van der Waals surface area contributed by atoms with Crippen LogP contribution in [0.15, 0.2) is 24.5 Å². The van der Waals surface area contributed by atoms with Crippen LogP contribution in [0.25, 0.3) is 5.70 Å². The summed E-state index contributed by atoms with van der Waals surface area (Å²) >= 11 is 6.27. The summed E-state index contributed by atoms with van der Waals surface area (Å²) in [6, 6.07) is 5.29. The SMILES string of the molecule is CC1(C)OB(c2cc(Cl)cc(C3=COCCN3C(=O)O)c2)OC1(C)C. The van der Waals surface area contributed by atoms with E-state index in [1.54, 1.807) is 12.1 Å². The zero-order valence-electron chi connectivity index (χ0n) is 14.7. The summed E-state index contributed by atoms with van der Waals surface area (Å²) in [5.41, 5.74) is 0.872. The first-order valence-electron chi connectivity index (χ1n) is 8.09. The van der Waals surface area contributed by atoms with Gasteiger partial charge in [0.1, 0.15) is 12.9 Å². The number of halogens is 1. The van der Waals surface area contributed by atoms with Crippen LogP contribution in [0.5, 0.6) is 0 Å². The fourth-order valence-electron chi connectivity index (χ4n) is 2.76. The van der Waals surface area contributed by atoms with Crippen LogP contribution in [0, 0.1) is 0 Å². The first-order chi connectivity index (χ1) is 11.6. The minimum atomic E-state index is -1.04. The molecule has 3 rings (SSSR count). The Hall–Kier alpha value is -1.70. The summed E-state index contributed by atoms with van der Waals surface area (Å²) in [6.45, 7) is 8.48. The van der Waals surface area contributed by atoms with Gasteiger partial charge in [0.15, 0.2) is 0 Å². The highest BCUT2D eigenvalue weighted by molar-refractivity contribution is 6.62. The van der Waals surface area contributed by atoms with Crippen molar-refractivity contribution in [3.8, 4) is 0 Å². The fourth-order valence-corrected chi connectivity index (χ4v) is 3.01. The Morgan fingerprint density at radius 3 is 2.44 bits per heavy atom. The quantitative estimate of drug-likeness (QED) is 0.816. The van der Waals surface area contributed by atoms with Crippen molar-refractivity contribution in [2.75, 3.05) is 13.2 Å². The van der Waals surface area contributed by atoms with Crippen LogP contribution in [0.2, 0.25) is 5.02 Å². The lowest BCUT2D eigenvalue weighted by Crippen LogP contribution is -2.41. The third-order valence-corrected chi connectivity index (χ3v) is 5.11. The molecule has 0 radical (unpaired) electrons. The van der Waals surface area contributed by atoms with E-state index in [9.17, 15) is 9.90 Å². The molecule has 1 N–H and O–H groups in total. The molecular weight excluding hydrogens is 344 g/mol. The summed E-state index contributed by atoms with van der Waals surface area (Å²) in [7, 11) is -0.578. The van der Waals surface area contributed by atoms with E-state index < -0.39 is 24.4 Å². The van der Waals surface area contributed by atoms with Crippen LogP contribution in [-0.2, 0) is 14.0 Å². The van der Waals surface area contributed by atoms with Crippen LogP contribution < -0.4 is 5.46 Å². The van der Waals surface area contributed by atoms with Crippen LogP contribution in [0.4, 0.5) is 4.79 Å². The molecule has 0 atom stereocenters. The molecular formula is C17H21BClNO5. The van der Waals surface area contributed by atoms with Crippen LogP contribution in [-0.4, -0.2) is 47.6 Å². The van der Waals surface area contributed by atoms with Crippen molar-refractivity contribution in [2.45, 2.75) is 38.9 Å². The zero-order chi connectivity index (χ0) is 18.4. The lowest BCUT2D eigenvalue weighted by atomic mass is 9.78. The van der Waals surface area contributed by atoms with Gasteiger partial charge in [-0.3, -0.25) is 4.90 Å². The van der Waals surface area contributed by atoms with Gasteiger partial charge in [-0.2, -0.15) is 0 Å². The van der Waals surface area contributed by atoms with Gasteiger partial charge in [0.2, 0.25) is 0 Å². The lowest BCUT2D eigenvalue weighted by molar-refractivity contribution is 0.00578. The number of amides is 1. The van der Waals surface area contributed by atoms with Gasteiger partial charge in [-0.1, -0.05) is 17.7 Å². The molecule has 6 nitrogen and oxygen atoms in total. The summed E-state index contributed by atoms with van der Waals surface area (Å²) in [4.78, 5) is 12.7. The largest absolute Gasteiger partial charge is 0.497 e. The molecule has 2 aliphatic heterocycles. The van der Waals surface area contributed by atoms with E-state index in [2.05, 4.69) is 0 Å². The maximum Gasteiger partial charge on any atom is 0.494 e. The van der Waals surface area contributed by atoms with E-state index >= 15 is 0 Å². The third kappa shape index (κ3) is 3.36. The predicted molar refractivity (Wildman–Crippen MR) is 95.8 cm³/mol. The molecule has 8 heteroatoms. The average molecular weight is 366 g/mol. The standard InChI is InChI=1S/C17H21BClNO5/c1-16(2)17(3,4)25-18(24-16)12-7-11(8-13(19)9-12)14-10-23-6-5-20(14)15(21)22/h7-10H,5-6H2,1-4H3,(H,21,22). The first kappa shape index (κ1) is 18.1. The number of rotatable bonds is 2. The molecule has 1 fully saturated rings. The van der Waals surface area contributed by atoms with Crippen LogP contribution in [0.3, 0.4) is 0 Å². The number of nitrogens with zero attached hydrogens (tertiary/aromatic N) is 1. The highest BCUT2D eigenvalue weighted by Gasteiger charge is 2.51. The number of hydrogen-bond acceptors (Lipinski definition) is 4. The van der Waals surface area contributed by atoms with Crippen LogP contribution in [0.1, 0.15) is 33.3 Å². The third-order valence-electron chi connectivity index (χ3n) is 4.89. The summed E-state index contributed by atoms with van der Waals surface area (Å²) in [5, 5.41) is 9.88. The molecule has 0 aromatic heterocycles. The smallest absolute Gasteiger partial charge is 0.494 e. The summed E-state index contributed by atoms with van der Waals surface area (Å²) in [5.74, 6) is 0. The molecule has 2 heterocycles. The minimum absolute atomic E-state index is 0.263. The van der Waals surface area contributed by atoms with Crippen molar-refractivity contribution in [2.24, 2.45) is 0 Å². The normalized spacial score (nSPS) is 21.7. The van der Waals surface area contributed by atoms with Gasteiger partial charge in [-0.15, -0.1) is 0 Å². The van der Waals surface area contributed by atoms with E-state index in [1.165, 1.54) is 11.2 Å². The number of benzene rings is 1. The fraction of sp³-hybridized carbons (Fsp3) is 0.471. The van der Waals surface area contributed by atoms with E-state index in [4.69, 9.17) is 25.6 Å². The van der Waals surface area contributed by atoms with Gasteiger partial charge < -0.3 is 19.2 Å². The Balaban J connectivity index is 1.97. The summed E-state index contributed by atoms with van der Waals surface area (Å²) < 4.78 is 17.4. The Morgan fingerprint density at radius 2 is 1.84 bits per heavy atom. The van der Waals surface area contributed by atoms with Crippen LogP contribution >= 0.6 is 11.6 Å². The van der Waals surface area contributed by atoms with Crippen molar-refractivity contribution in [1.29, 1.82) is 0 Å². The Labute approximate surface area is 152 Å². The van der Waals surface area contributed by atoms with Gasteiger partial charge in [-0.05, 0) is 45.3 Å². The second kappa shape index (κ2) is 6.23. The van der Waals surface area contributed by atoms with Gasteiger partial charge in [-0.25, -0.2) is 4.79 Å². The average Bonchev–Trinajstić information content (AvgIpc) is 2.75. The van der Waals surface area contributed by atoms with Gasteiger partial charge in [0.25, 0.3) is 0 Å². The molecule has 2 aliphatic rings. The van der Waals surface area contributed by atoms with Gasteiger partial charge >= 0.3 is 13.2 Å². The number of hydrogen-bond donors (Lipinski definition) is 1. The molecule has 0 spiro atoms. The number of carbonyl (C=O) groups is 1. The molecule has 1 saturated heterocycles. The van der Waals surface area contributed by atoms with E-state index in [0.29, 0.717) is 22.9 Å². The number of carboxylic acid groups (broad SMARTS) is 1. The molecule has 0 saturated carbocycles. The summed E-state index contributed by atoms with van der Waals surface area (Å²) in [6.07, 6.45) is 0.406. The molecule has 134 valence electrons. The molecule has 1 amide bonds. The topological polar surface area (TPSA) is 68.2 Å². The van der Waals surface area contributed by atoms with Crippen molar-refractivity contribution in [3.63, 3.8) is 0 Å². The number of ether oxygens (including phenoxy) is 1. The van der Waals surface area contributed by atoms with Crippen molar-refractivity contribution in [3.05, 3.63) is 35.0 Å². The highest BCUT2D eigenvalue weighted by Crippen LogP contribution is 2.37. The van der Waals surface area contributed by atoms with Gasteiger partial charge in [0.05, 0.1) is 23.4 Å². The molecule has 0 aliphatic carbocycles. The molecule has 0 unspecified atom stereocenters. The van der Waals surface area contributed by atoms with Gasteiger partial charge in [0, 0.05) is 10.6 Å². The second-order valence-corrected chi connectivity index (χ2v) is 7.61. The van der Waals surface area contributed by atoms with Crippen molar-refractivity contribution >= 4 is 36.0 Å². The molecule has 1 aromatic carbocycles. The van der Waals surface area contributed by atoms with E-state index in [0.717, 1.165) is 5.46 Å². The zero-order valence-corrected chi connectivity index (χ0v) is 15.5. The Morgan fingerprint density at radius 1 is 1.20 bits per heavy atom. The minimum Gasteiger partial charge on any atom is -0.497 e. The Kier molecular flexibility index (Phi) is 4.51. The second-order valence-electron chi connectivity index (χ2n) is 7.17. The van der Waals surface area contributed by atoms with E-state index in [-0.39, 0.29) is 6.54 Å². The molecule has 0 bridgehead atoms. The predicted octanol–water partition coefficient (Wildman–Crippen LogP) is 2.95. The Bertz CT molecular complexity index is 718. The van der Waals surface area contributed by atoms with E-state index in [1.807, 2.05) is 33.8 Å². The first-order valence-corrected chi connectivity index (χ1v) is 8.47. The lowest BCUT2D eigenvalue weighted by Gasteiger charge is -2.32. The maximum atomic E-state index is 11.5. The monoisotopic (exact) mass is 365 g/mol. The maximum absolute atomic E-state index is 11.5. The van der Waals surface area contributed by atoms with Crippen molar-refractivity contribution < 1.29 is 23.9 Å². The highest BCUT2D eigenvalue weighted by atomic mass is 35.5. The van der Waals surface area contributed by atoms with Crippen molar-refractivity contribution in [1.82, 2.24) is 4.90 Å². The molecule has 1 aromatic rings.